The normalized spacial score (nSPS) is 38.1. The van der Waals surface area contributed by atoms with Crippen molar-refractivity contribution in [3.8, 4) is 0 Å². The molecule has 0 aromatic rings. The molecule has 0 bridgehead atoms. The van der Waals surface area contributed by atoms with Crippen molar-refractivity contribution in [3.05, 3.63) is 23.8 Å². The van der Waals surface area contributed by atoms with E-state index in [9.17, 15) is 0 Å². The Hall–Kier alpha value is -1.05. The molecule has 0 saturated heterocycles. The van der Waals surface area contributed by atoms with Crippen molar-refractivity contribution in [2.45, 2.75) is 117 Å². The molecular formula is C32H58N2O5Si3. The molecule has 10 heteroatoms. The van der Waals surface area contributed by atoms with E-state index in [1.165, 1.54) is 5.57 Å². The highest BCUT2D eigenvalue weighted by Gasteiger charge is 2.69. The van der Waals surface area contributed by atoms with Crippen LogP contribution in [0.4, 0.5) is 0 Å². The van der Waals surface area contributed by atoms with Gasteiger partial charge in [0.15, 0.2) is 25.0 Å². The first kappa shape index (κ1) is 33.8. The number of allylic oxidation sites excluding steroid dienone is 4. The minimum absolute atomic E-state index is 0.0728. The number of hydrogen-bond acceptors (Lipinski definition) is 7. The number of oxime groups is 2. The summed E-state index contributed by atoms with van der Waals surface area (Å²) in [7, 11) is -2.42. The van der Waals surface area contributed by atoms with Crippen molar-refractivity contribution < 1.29 is 23.0 Å². The Morgan fingerprint density at radius 3 is 2.19 bits per heavy atom. The lowest BCUT2D eigenvalue weighted by atomic mass is 9.46. The van der Waals surface area contributed by atoms with Crippen molar-refractivity contribution in [3.63, 3.8) is 0 Å². The first-order chi connectivity index (χ1) is 19.3. The second-order valence-electron chi connectivity index (χ2n) is 16.4. The zero-order valence-corrected chi connectivity index (χ0v) is 31.7. The SMILES string of the molecule is CON=C1C=C[C@@]2(C)C(=C1)CCC1C2C(O[Si](C)(C)C)C[C@@]2(C)C1CC[C@]2(O[Si](C)(C)C)C(CO[Si](C)(C)C)=NOC. The summed E-state index contributed by atoms with van der Waals surface area (Å²) in [6.45, 7) is 26.0. The molecule has 7 nitrogen and oxygen atoms in total. The average Bonchev–Trinajstić information content (AvgIpc) is 3.11. The molecule has 0 heterocycles. The molecule has 0 aromatic carbocycles. The molecule has 4 aliphatic carbocycles. The van der Waals surface area contributed by atoms with Crippen molar-refractivity contribution in [1.29, 1.82) is 0 Å². The van der Waals surface area contributed by atoms with E-state index < -0.39 is 30.6 Å². The fourth-order valence-corrected chi connectivity index (χ4v) is 12.1. The summed E-state index contributed by atoms with van der Waals surface area (Å²) in [5.41, 5.74) is 2.53. The van der Waals surface area contributed by atoms with Gasteiger partial charge in [-0.2, -0.15) is 0 Å². The lowest BCUT2D eigenvalue weighted by molar-refractivity contribution is -0.133. The highest BCUT2D eigenvalue weighted by atomic mass is 28.4. The molecule has 0 radical (unpaired) electrons. The summed E-state index contributed by atoms with van der Waals surface area (Å²) in [6.07, 6.45) is 12.2. The van der Waals surface area contributed by atoms with Crippen LogP contribution in [0.15, 0.2) is 34.1 Å². The van der Waals surface area contributed by atoms with E-state index in [-0.39, 0.29) is 16.9 Å². The standard InChI is InChI=1S/C32H58N2O5Si3/c1-30-18-16-24(33-35-3)20-23(30)14-15-25-26-17-19-32(39-42(11,12)13,28(34-36-4)22-37-40(5,6)7)31(26,2)21-27(29(25)30)38-41(8,9)10/h16,18,20,25-27,29H,14-15,17,19,21-22H2,1-13H3/t25?,26?,27?,29?,30-,31-,32-/m0/s1. The second kappa shape index (κ2) is 11.7. The Bertz CT molecular complexity index is 1130. The van der Waals surface area contributed by atoms with E-state index in [1.54, 1.807) is 14.2 Å². The first-order valence-electron chi connectivity index (χ1n) is 15.9. The van der Waals surface area contributed by atoms with Gasteiger partial charge in [-0.25, -0.2) is 0 Å². The van der Waals surface area contributed by atoms with Gasteiger partial charge in [0.1, 0.15) is 31.2 Å². The Balaban J connectivity index is 1.85. The third kappa shape index (κ3) is 6.49. The van der Waals surface area contributed by atoms with Crippen LogP contribution in [0.1, 0.15) is 46.0 Å². The molecule has 42 heavy (non-hydrogen) atoms. The summed E-state index contributed by atoms with van der Waals surface area (Å²) in [5.74, 6) is 1.41. The van der Waals surface area contributed by atoms with Crippen molar-refractivity contribution in [1.82, 2.24) is 0 Å². The molecule has 0 N–H and O–H groups in total. The van der Waals surface area contributed by atoms with Gasteiger partial charge in [-0.15, -0.1) is 0 Å². The van der Waals surface area contributed by atoms with Crippen LogP contribution >= 0.6 is 0 Å². The van der Waals surface area contributed by atoms with Crippen LogP contribution in [0.2, 0.25) is 58.9 Å². The fourth-order valence-electron chi connectivity index (χ4n) is 8.85. The molecule has 3 saturated carbocycles. The van der Waals surface area contributed by atoms with E-state index in [1.807, 2.05) is 0 Å². The molecule has 0 aliphatic heterocycles. The van der Waals surface area contributed by atoms with Crippen LogP contribution in [0.3, 0.4) is 0 Å². The topological polar surface area (TPSA) is 70.9 Å². The summed E-state index contributed by atoms with van der Waals surface area (Å²) in [6, 6.07) is 0. The first-order valence-corrected chi connectivity index (χ1v) is 26.1. The zero-order chi connectivity index (χ0) is 31.4. The predicted molar refractivity (Wildman–Crippen MR) is 181 cm³/mol. The maximum Gasteiger partial charge on any atom is 0.185 e. The van der Waals surface area contributed by atoms with Gasteiger partial charge in [0.25, 0.3) is 0 Å². The van der Waals surface area contributed by atoms with Crippen LogP contribution in [0, 0.1) is 28.6 Å². The number of fused-ring (bicyclic) bond motifs is 5. The lowest BCUT2D eigenvalue weighted by Gasteiger charge is -2.62. The van der Waals surface area contributed by atoms with E-state index in [0.29, 0.717) is 24.4 Å². The molecule has 7 atom stereocenters. The molecule has 3 fully saturated rings. The molecule has 4 unspecified atom stereocenters. The Labute approximate surface area is 258 Å². The highest BCUT2D eigenvalue weighted by Crippen LogP contribution is 2.69. The third-order valence-corrected chi connectivity index (χ3v) is 13.1. The third-order valence-electron chi connectivity index (χ3n) is 10.1. The molecule has 0 aromatic heterocycles. The maximum atomic E-state index is 7.43. The smallest absolute Gasteiger partial charge is 0.185 e. The highest BCUT2D eigenvalue weighted by molar-refractivity contribution is 6.70. The fraction of sp³-hybridized carbons (Fsp3) is 0.812. The number of rotatable bonds is 10. The summed E-state index contributed by atoms with van der Waals surface area (Å²) in [5, 5.41) is 9.00. The van der Waals surface area contributed by atoms with Crippen molar-refractivity contribution in [2.75, 3.05) is 20.8 Å². The maximum absolute atomic E-state index is 7.43. The van der Waals surface area contributed by atoms with Gasteiger partial charge in [-0.05, 0) is 121 Å². The lowest BCUT2D eigenvalue weighted by Crippen LogP contribution is -2.65. The second-order valence-corrected chi connectivity index (χ2v) is 29.8. The Kier molecular flexibility index (Phi) is 9.43. The summed E-state index contributed by atoms with van der Waals surface area (Å²) < 4.78 is 21.3. The minimum Gasteiger partial charge on any atom is -0.414 e. The summed E-state index contributed by atoms with van der Waals surface area (Å²) >= 11 is 0. The molecule has 238 valence electrons. The van der Waals surface area contributed by atoms with E-state index >= 15 is 0 Å². The van der Waals surface area contributed by atoms with Crippen LogP contribution in [0.5, 0.6) is 0 Å². The Morgan fingerprint density at radius 1 is 0.929 bits per heavy atom. The zero-order valence-electron chi connectivity index (χ0n) is 28.7. The number of nitrogens with zero attached hydrogens (tertiary/aromatic N) is 2. The summed E-state index contributed by atoms with van der Waals surface area (Å²) in [4.78, 5) is 10.7. The van der Waals surface area contributed by atoms with Gasteiger partial charge in [0.05, 0.1) is 6.61 Å². The van der Waals surface area contributed by atoms with Crippen LogP contribution in [-0.4, -0.2) is 68.9 Å². The van der Waals surface area contributed by atoms with Crippen LogP contribution < -0.4 is 0 Å². The monoisotopic (exact) mass is 634 g/mol. The van der Waals surface area contributed by atoms with E-state index in [0.717, 1.165) is 43.5 Å². The van der Waals surface area contributed by atoms with Gasteiger partial charge in [-0.3, -0.25) is 0 Å². The average molecular weight is 635 g/mol. The quantitative estimate of drug-likeness (QED) is 0.138. The van der Waals surface area contributed by atoms with Gasteiger partial charge in [0.2, 0.25) is 0 Å². The van der Waals surface area contributed by atoms with Crippen LogP contribution in [0.25, 0.3) is 0 Å². The van der Waals surface area contributed by atoms with E-state index in [4.69, 9.17) is 28.1 Å². The van der Waals surface area contributed by atoms with Gasteiger partial charge in [0, 0.05) is 16.9 Å². The molecule has 4 rings (SSSR count). The Morgan fingerprint density at radius 2 is 1.62 bits per heavy atom. The molecule has 0 spiro atoms. The van der Waals surface area contributed by atoms with Gasteiger partial charge in [-0.1, -0.05) is 35.8 Å². The molecular weight excluding hydrogens is 577 g/mol. The predicted octanol–water partition coefficient (Wildman–Crippen LogP) is 8.00. The largest absolute Gasteiger partial charge is 0.414 e. The molecule has 4 aliphatic rings. The van der Waals surface area contributed by atoms with Crippen molar-refractivity contribution in [2.24, 2.45) is 38.9 Å². The van der Waals surface area contributed by atoms with Gasteiger partial charge >= 0.3 is 0 Å². The van der Waals surface area contributed by atoms with Crippen molar-refractivity contribution >= 4 is 36.4 Å². The minimum atomic E-state index is -2.01. The molecule has 0 amide bonds. The van der Waals surface area contributed by atoms with Crippen LogP contribution in [-0.2, 0) is 23.0 Å². The van der Waals surface area contributed by atoms with E-state index in [2.05, 4.69) is 96.2 Å². The number of hydrogen-bond donors (Lipinski definition) is 0. The van der Waals surface area contributed by atoms with Gasteiger partial charge < -0.3 is 23.0 Å².